The van der Waals surface area contributed by atoms with Crippen LogP contribution in [-0.2, 0) is 4.79 Å². The first kappa shape index (κ1) is 17.5. The molecule has 0 aromatic carbocycles. The Hall–Kier alpha value is -0.910. The van der Waals surface area contributed by atoms with Crippen molar-refractivity contribution in [1.29, 1.82) is 0 Å². The SMILES string of the molecule is CC1(CO)C(O)CCC2(C)C1CC=C1CC3CC12CCC3(O)C(=O)O. The molecule has 4 N–H and O–H groups in total. The standard InChI is InChI=1S/C20H30O5/c1-17(11-21)14-4-3-12-9-13-10-19(12,7-8-20(13,25)16(23)24)18(14,2)6-5-15(17)22/h3,13-15,21-22,25H,4-11H2,1-2H3,(H,23,24). The second-order valence-corrected chi connectivity index (χ2v) is 9.57. The highest BCUT2D eigenvalue weighted by atomic mass is 16.4. The van der Waals surface area contributed by atoms with Gasteiger partial charge in [-0.3, -0.25) is 0 Å². The number of hydrogen-bond donors (Lipinski definition) is 4. The van der Waals surface area contributed by atoms with E-state index in [2.05, 4.69) is 13.0 Å². The minimum atomic E-state index is -1.61. The van der Waals surface area contributed by atoms with E-state index >= 15 is 0 Å². The summed E-state index contributed by atoms with van der Waals surface area (Å²) in [5.41, 5.74) is -0.960. The van der Waals surface area contributed by atoms with Gasteiger partial charge in [0.1, 0.15) is 0 Å². The molecule has 0 aromatic rings. The maximum atomic E-state index is 11.7. The van der Waals surface area contributed by atoms with E-state index in [0.717, 1.165) is 12.8 Å². The normalized spacial score (nSPS) is 54.4. The molecular weight excluding hydrogens is 320 g/mol. The van der Waals surface area contributed by atoms with E-state index in [1.807, 2.05) is 6.92 Å². The highest BCUT2D eigenvalue weighted by Crippen LogP contribution is 2.73. The summed E-state index contributed by atoms with van der Waals surface area (Å²) in [6, 6.07) is 0. The molecule has 0 radical (unpaired) electrons. The number of carboxylic acid groups (broad SMARTS) is 1. The largest absolute Gasteiger partial charge is 0.479 e. The number of aliphatic hydroxyl groups is 3. The summed E-state index contributed by atoms with van der Waals surface area (Å²) in [7, 11) is 0. The first-order chi connectivity index (χ1) is 11.6. The van der Waals surface area contributed by atoms with Crippen LogP contribution in [0.2, 0.25) is 0 Å². The average Bonchev–Trinajstić information content (AvgIpc) is 2.92. The number of aliphatic carboxylic acids is 1. The Balaban J connectivity index is 1.78. The van der Waals surface area contributed by atoms with E-state index in [1.165, 1.54) is 5.57 Å². The van der Waals surface area contributed by atoms with Crippen molar-refractivity contribution in [3.63, 3.8) is 0 Å². The van der Waals surface area contributed by atoms with Gasteiger partial charge in [-0.1, -0.05) is 25.5 Å². The molecule has 0 aromatic heterocycles. The van der Waals surface area contributed by atoms with Gasteiger partial charge in [-0.05, 0) is 61.7 Å². The molecule has 0 aliphatic heterocycles. The first-order valence-corrected chi connectivity index (χ1v) is 9.58. The number of hydrogen-bond acceptors (Lipinski definition) is 4. The first-order valence-electron chi connectivity index (χ1n) is 9.58. The molecule has 0 amide bonds. The summed E-state index contributed by atoms with van der Waals surface area (Å²) >= 11 is 0. The van der Waals surface area contributed by atoms with E-state index < -0.39 is 23.1 Å². The zero-order valence-electron chi connectivity index (χ0n) is 15.2. The molecule has 5 nitrogen and oxygen atoms in total. The Kier molecular flexibility index (Phi) is 3.56. The van der Waals surface area contributed by atoms with E-state index in [9.17, 15) is 25.2 Å². The van der Waals surface area contributed by atoms with Crippen molar-refractivity contribution < 1.29 is 25.2 Å². The zero-order chi connectivity index (χ0) is 18.3. The van der Waals surface area contributed by atoms with Gasteiger partial charge in [0.15, 0.2) is 5.60 Å². The van der Waals surface area contributed by atoms with Crippen LogP contribution in [0.25, 0.3) is 0 Å². The van der Waals surface area contributed by atoms with Crippen molar-refractivity contribution in [2.75, 3.05) is 6.61 Å². The smallest absolute Gasteiger partial charge is 0.335 e. The van der Waals surface area contributed by atoms with Crippen LogP contribution in [0.5, 0.6) is 0 Å². The van der Waals surface area contributed by atoms with Crippen molar-refractivity contribution >= 4 is 5.97 Å². The van der Waals surface area contributed by atoms with E-state index in [0.29, 0.717) is 32.1 Å². The Morgan fingerprint density at radius 2 is 2.00 bits per heavy atom. The number of rotatable bonds is 2. The summed E-state index contributed by atoms with van der Waals surface area (Å²) in [6.45, 7) is 4.26. The number of carboxylic acids is 1. The van der Waals surface area contributed by atoms with Gasteiger partial charge in [-0.25, -0.2) is 4.79 Å². The van der Waals surface area contributed by atoms with Crippen LogP contribution in [0.1, 0.15) is 58.8 Å². The maximum absolute atomic E-state index is 11.7. The molecule has 2 bridgehead atoms. The third-order valence-electron chi connectivity index (χ3n) is 8.95. The zero-order valence-corrected chi connectivity index (χ0v) is 15.2. The number of aliphatic hydroxyl groups excluding tert-OH is 2. The lowest BCUT2D eigenvalue weighted by atomic mass is 9.41. The summed E-state index contributed by atoms with van der Waals surface area (Å²) in [4.78, 5) is 11.7. The van der Waals surface area contributed by atoms with Gasteiger partial charge in [0.2, 0.25) is 0 Å². The van der Waals surface area contributed by atoms with E-state index in [4.69, 9.17) is 0 Å². The summed E-state index contributed by atoms with van der Waals surface area (Å²) in [5.74, 6) is -1.15. The fourth-order valence-corrected chi connectivity index (χ4v) is 7.22. The summed E-state index contributed by atoms with van der Waals surface area (Å²) in [5, 5.41) is 41.0. The predicted molar refractivity (Wildman–Crippen MR) is 91.7 cm³/mol. The van der Waals surface area contributed by atoms with Crippen molar-refractivity contribution in [3.8, 4) is 0 Å². The fraction of sp³-hybridized carbons (Fsp3) is 0.850. The maximum Gasteiger partial charge on any atom is 0.335 e. The molecule has 4 rings (SSSR count). The van der Waals surface area contributed by atoms with E-state index in [-0.39, 0.29) is 29.3 Å². The Bertz CT molecular complexity index is 644. The van der Waals surface area contributed by atoms with Crippen LogP contribution in [-0.4, -0.2) is 44.7 Å². The highest BCUT2D eigenvalue weighted by molar-refractivity contribution is 5.78. The topological polar surface area (TPSA) is 98.0 Å². The van der Waals surface area contributed by atoms with Gasteiger partial charge in [-0.15, -0.1) is 0 Å². The van der Waals surface area contributed by atoms with Crippen molar-refractivity contribution in [3.05, 3.63) is 11.6 Å². The Morgan fingerprint density at radius 1 is 1.28 bits per heavy atom. The molecule has 5 heteroatoms. The summed E-state index contributed by atoms with van der Waals surface area (Å²) in [6.07, 6.45) is 6.49. The van der Waals surface area contributed by atoms with Crippen molar-refractivity contribution in [2.45, 2.75) is 70.5 Å². The highest BCUT2D eigenvalue weighted by Gasteiger charge is 2.69. The molecule has 140 valence electrons. The van der Waals surface area contributed by atoms with Gasteiger partial charge in [0.05, 0.1) is 12.7 Å². The van der Waals surface area contributed by atoms with Gasteiger partial charge in [0.25, 0.3) is 0 Å². The minimum Gasteiger partial charge on any atom is -0.479 e. The molecule has 4 aliphatic rings. The predicted octanol–water partition coefficient (Wildman–Crippen LogP) is 2.10. The number of fused-ring (bicyclic) bond motifs is 2. The lowest BCUT2D eigenvalue weighted by molar-refractivity contribution is -0.190. The van der Waals surface area contributed by atoms with Gasteiger partial charge >= 0.3 is 5.97 Å². The third-order valence-corrected chi connectivity index (χ3v) is 8.95. The molecule has 3 fully saturated rings. The lowest BCUT2D eigenvalue weighted by Gasteiger charge is -2.64. The third kappa shape index (κ3) is 1.87. The van der Waals surface area contributed by atoms with Crippen LogP contribution < -0.4 is 0 Å². The Morgan fingerprint density at radius 3 is 2.64 bits per heavy atom. The lowest BCUT2D eigenvalue weighted by Crippen LogP contribution is -2.61. The minimum absolute atomic E-state index is 0.0316. The van der Waals surface area contributed by atoms with Crippen LogP contribution in [0, 0.1) is 28.1 Å². The molecule has 1 spiro atoms. The molecule has 25 heavy (non-hydrogen) atoms. The van der Waals surface area contributed by atoms with Gasteiger partial charge in [-0.2, -0.15) is 0 Å². The number of allylic oxidation sites excluding steroid dienone is 2. The van der Waals surface area contributed by atoms with Crippen LogP contribution in [0.4, 0.5) is 0 Å². The van der Waals surface area contributed by atoms with Gasteiger partial charge in [0, 0.05) is 11.3 Å². The molecule has 0 saturated heterocycles. The van der Waals surface area contributed by atoms with Gasteiger partial charge < -0.3 is 20.4 Å². The molecule has 7 unspecified atom stereocenters. The van der Waals surface area contributed by atoms with E-state index in [1.54, 1.807) is 0 Å². The molecule has 7 atom stereocenters. The van der Waals surface area contributed by atoms with Crippen LogP contribution in [0.3, 0.4) is 0 Å². The molecular formula is C20H30O5. The summed E-state index contributed by atoms with van der Waals surface area (Å²) < 4.78 is 0. The average molecular weight is 350 g/mol. The van der Waals surface area contributed by atoms with Crippen molar-refractivity contribution in [1.82, 2.24) is 0 Å². The fourth-order valence-electron chi connectivity index (χ4n) is 7.22. The molecule has 3 saturated carbocycles. The van der Waals surface area contributed by atoms with Crippen molar-refractivity contribution in [2.24, 2.45) is 28.1 Å². The molecule has 0 heterocycles. The number of carbonyl (C=O) groups is 1. The monoisotopic (exact) mass is 350 g/mol. The molecule has 4 aliphatic carbocycles. The second-order valence-electron chi connectivity index (χ2n) is 9.57. The second kappa shape index (κ2) is 5.08. The quantitative estimate of drug-likeness (QED) is 0.572. The van der Waals surface area contributed by atoms with Crippen LogP contribution >= 0.6 is 0 Å². The Labute approximate surface area is 148 Å². The van der Waals surface area contributed by atoms with Crippen LogP contribution in [0.15, 0.2) is 11.6 Å².